The van der Waals surface area contributed by atoms with Crippen LogP contribution >= 0.6 is 0 Å². The Morgan fingerprint density at radius 1 is 0.0442 bits per heavy atom. The van der Waals surface area contributed by atoms with Gasteiger partial charge in [0.1, 0.15) is 0 Å². The van der Waals surface area contributed by atoms with Crippen molar-refractivity contribution in [2.24, 2.45) is 0 Å². The van der Waals surface area contributed by atoms with E-state index in [1.165, 1.54) is 17.8 Å². The minimum absolute atomic E-state index is 1.37. The van der Waals surface area contributed by atoms with Crippen molar-refractivity contribution < 1.29 is 0 Å². The van der Waals surface area contributed by atoms with Gasteiger partial charge in [-0.15, -0.1) is 0 Å². The van der Waals surface area contributed by atoms with Crippen LogP contribution < -0.4 is 0 Å². The SMILES string of the molecule is S=S=S=S=S=S=S=S=S=S=S=S=S=S=S=S=S=S=S=S=S=S=S=S=S=S=S=S=S=S=S=S=S=S=S=S=S=S=S=S=S=S=S=S=S=S=S=S=S=S=S=S=S=S=S=S=S=S=S=S=S=S=S=S=S=S=S=S=S=S=S=S=S=S=S=S=S=S=S=S=S=S=S=S=S=S=S=S=S=S=S=S=S=S=S=S=S=S=S=S=S=S=S=S=S=S=S=S=S=S=S=S=S. The van der Waals surface area contributed by atoms with Crippen molar-refractivity contribution in [3.63, 3.8) is 0 Å². The Morgan fingerprint density at radius 3 is 0.0973 bits per heavy atom. The third kappa shape index (κ3) is 137. The molecule has 0 rings (SSSR count). The van der Waals surface area contributed by atoms with Gasteiger partial charge in [-0.3, -0.25) is 0 Å². The highest BCUT2D eigenvalue weighted by Crippen LogP contribution is 1.52. The molecule has 0 aromatic heterocycles. The maximum atomic E-state index is 4.83. The molecule has 678 valence electrons. The molecule has 0 saturated heterocycles. The van der Waals surface area contributed by atoms with Gasteiger partial charge in [-0.05, 0) is 0 Å². The summed E-state index contributed by atoms with van der Waals surface area (Å²) in [5.74, 6) is 0. The molecule has 0 fully saturated rings. The summed E-state index contributed by atoms with van der Waals surface area (Å²) < 4.78 is 0. The predicted molar refractivity (Wildman–Crippen MR) is 832 cm³/mol. The van der Waals surface area contributed by atoms with Crippen molar-refractivity contribution in [2.45, 2.75) is 0 Å². The zero-order valence-electron chi connectivity index (χ0n) is 46.1. The van der Waals surface area contributed by atoms with Crippen molar-refractivity contribution in [2.75, 3.05) is 0 Å². The molecule has 0 atom stereocenters. The monoisotopic (exact) mass is 3610 g/mol. The lowest BCUT2D eigenvalue weighted by atomic mass is 30.7. The molecule has 0 spiro atoms. The van der Waals surface area contributed by atoms with E-state index in [-0.39, 0.29) is 0 Å². The van der Waals surface area contributed by atoms with Crippen molar-refractivity contribution in [3.8, 4) is 0 Å². The van der Waals surface area contributed by atoms with Crippen LogP contribution in [0.3, 0.4) is 0 Å². The largest absolute Gasteiger partial charge is 0 e. The third-order valence-electron chi connectivity index (χ3n) is 3.06. The molecule has 0 aromatic carbocycles. The van der Waals surface area contributed by atoms with Gasteiger partial charge >= 0.3 is 0 Å². The van der Waals surface area contributed by atoms with E-state index in [4.69, 9.17) is 22.4 Å². The summed E-state index contributed by atoms with van der Waals surface area (Å²) in [7, 11) is 201. The topological polar surface area (TPSA) is 0 Å². The maximum Gasteiger partial charge on any atom is 0 e. The van der Waals surface area contributed by atoms with E-state index in [0.29, 0.717) is 0 Å². The lowest BCUT2D eigenvalue weighted by Crippen LogP contribution is -1.42. The number of hydrogen-bond acceptors (Lipinski definition) is 2. The molecule has 113 heteroatoms. The van der Waals surface area contributed by atoms with Gasteiger partial charge in [-0.25, -0.2) is 0 Å². The molecular formula is S113. The summed E-state index contributed by atoms with van der Waals surface area (Å²) in [5, 5.41) is 0. The van der Waals surface area contributed by atoms with Crippen molar-refractivity contribution in [1.82, 2.24) is 0 Å². The van der Waals surface area contributed by atoms with Gasteiger partial charge in [0.15, 0.2) is 0 Å². The van der Waals surface area contributed by atoms with Crippen molar-refractivity contribution in [3.05, 3.63) is 0 Å². The van der Waals surface area contributed by atoms with Crippen LogP contribution in [0.1, 0.15) is 0 Å². The summed E-state index contributed by atoms with van der Waals surface area (Å²) in [6.45, 7) is 0. The Morgan fingerprint density at radius 2 is 0.0708 bits per heavy atom. The maximum absolute atomic E-state index is 4.83. The molecule has 0 aromatic rings. The van der Waals surface area contributed by atoms with Crippen molar-refractivity contribution >= 4 is 1010 Å². The summed E-state index contributed by atoms with van der Waals surface area (Å²) in [6, 6.07) is 0. The first-order valence-electron chi connectivity index (χ1n) is 18.7. The van der Waals surface area contributed by atoms with E-state index < -0.39 is 0 Å². The van der Waals surface area contributed by atoms with Gasteiger partial charge < -0.3 is 0 Å². The Labute approximate surface area is 975 Å². The average Bonchev–Trinajstić information content (AvgIpc) is 3.32. The van der Waals surface area contributed by atoms with Crippen LogP contribution in [0.5, 0.6) is 0 Å². The molecule has 0 nitrogen and oxygen atoms in total. The van der Waals surface area contributed by atoms with Crippen LogP contribution in [0.4, 0.5) is 0 Å². The van der Waals surface area contributed by atoms with Crippen LogP contribution in [-0.4, -0.2) is 0 Å². The van der Waals surface area contributed by atoms with E-state index in [1.54, 1.807) is 107 Å². The second-order valence-electron chi connectivity index (χ2n) is 7.55. The van der Waals surface area contributed by atoms with Crippen LogP contribution in [0.15, 0.2) is 0 Å². The van der Waals surface area contributed by atoms with E-state index in [1.807, 2.05) is 861 Å². The first-order chi connectivity index (χ1) is 56.4. The van der Waals surface area contributed by atoms with Gasteiger partial charge in [-0.1, -0.05) is 0 Å². The van der Waals surface area contributed by atoms with Crippen LogP contribution in [-0.2, 0) is 1010 Å². The fraction of sp³-hybridized carbons (Fsp3) is 0. The molecule has 113 heavy (non-hydrogen) atoms. The van der Waals surface area contributed by atoms with Gasteiger partial charge in [0.2, 0.25) is 0 Å². The Kier molecular flexibility index (Phi) is 167. The lowest BCUT2D eigenvalue weighted by molar-refractivity contribution is 5.95. The molecule has 0 aliphatic carbocycles. The molecule has 0 radical (unpaired) electrons. The minimum Gasteiger partial charge on any atom is 0 e. The van der Waals surface area contributed by atoms with Crippen molar-refractivity contribution in [1.29, 1.82) is 0 Å². The standard InChI is InChI=1S/S113/c1-3-5-7-9-11-13-15-17-19-21-23-25-27-29-31-33-35-37-39-41-43-45-47-49-51-53-55-57-59-61-63-65-67-69-71-73-75-77-79-81-83-85-87-89-91-93-95-97-99-101-103-105-107-109-111-113-112-110-108-106-104-102-100-98-96-94-92-90-88-86-84-82-80-78-76-74-72-70-68-66-64-62-60-58-56-54-52-50-48-46-44-42-40-38-36-34-32-30-28-26-24-22-20-18-16-14-12-10-8-6-4-2. The van der Waals surface area contributed by atoms with Gasteiger partial charge in [0.25, 0.3) is 0 Å². The Bertz CT molecular complexity index is 8520. The number of hydrogen-bond donors (Lipinski definition) is 0. The molecule has 0 saturated carbocycles. The molecule has 0 aliphatic rings. The third-order valence-corrected chi connectivity index (χ3v) is 247. The molecule has 0 aliphatic heterocycles. The van der Waals surface area contributed by atoms with E-state index in [2.05, 4.69) is 0 Å². The summed E-state index contributed by atoms with van der Waals surface area (Å²) in [4.78, 5) is 0. The summed E-state index contributed by atoms with van der Waals surface area (Å²) in [6.07, 6.45) is 0. The highest BCUT2D eigenvalue weighted by Gasteiger charge is 1.52. The van der Waals surface area contributed by atoms with Gasteiger partial charge in [-0.2, -0.15) is 0 Å². The van der Waals surface area contributed by atoms with Crippen LogP contribution in [0, 0.1) is 0 Å². The van der Waals surface area contributed by atoms with Crippen LogP contribution in [0.2, 0.25) is 0 Å². The molecule has 0 heterocycles. The molecule has 0 amide bonds. The summed E-state index contributed by atoms with van der Waals surface area (Å²) >= 11 is 9.67. The quantitative estimate of drug-likeness (QED) is 0.329. The summed E-state index contributed by atoms with van der Waals surface area (Å²) in [5.41, 5.74) is 0. The second kappa shape index (κ2) is 137. The minimum atomic E-state index is 1.37. The molecule has 0 bridgehead atoms. The highest BCUT2D eigenvalue weighted by atomic mass is 33.6. The fourth-order valence-corrected chi connectivity index (χ4v) is 300. The fourth-order valence-electron chi connectivity index (χ4n) is 1.24. The van der Waals surface area contributed by atoms with Crippen LogP contribution in [0.25, 0.3) is 0 Å². The van der Waals surface area contributed by atoms with E-state index in [9.17, 15) is 0 Å². The second-order valence-corrected chi connectivity index (χ2v) is 204. The lowest BCUT2D eigenvalue weighted by Gasteiger charge is -1.41. The zero-order chi connectivity index (χ0) is 80.5. The first kappa shape index (κ1) is 138. The van der Waals surface area contributed by atoms with Gasteiger partial charge in [0, 0.05) is 1010 Å². The van der Waals surface area contributed by atoms with E-state index >= 15 is 0 Å². The Hall–Kier alpha value is 24.9. The molecular weight excluding hydrogens is 3620 g/mol. The molecule has 0 unspecified atom stereocenters. The highest BCUT2D eigenvalue weighted by molar-refractivity contribution is 8.89. The molecule has 0 N–H and O–H groups in total. The van der Waals surface area contributed by atoms with Gasteiger partial charge in [0.05, 0.1) is 0 Å². The smallest absolute Gasteiger partial charge is 0 e. The predicted octanol–water partition coefficient (Wildman–Crippen LogP) is -0.271. The Balaban J connectivity index is 6.19. The van der Waals surface area contributed by atoms with E-state index in [0.717, 1.165) is 0 Å². The first-order valence-corrected chi connectivity index (χ1v) is 168. The number of rotatable bonds is 0. The zero-order valence-corrected chi connectivity index (χ0v) is 138. The normalized spacial score (nSPS) is 7.89. The average molecular weight is 3620 g/mol.